The number of nitrogens with two attached hydrogens (primary N) is 1. The van der Waals surface area contributed by atoms with E-state index < -0.39 is 17.1 Å². The van der Waals surface area contributed by atoms with Gasteiger partial charge in [-0.15, -0.1) is 0 Å². The lowest BCUT2D eigenvalue weighted by molar-refractivity contribution is 0.422. The summed E-state index contributed by atoms with van der Waals surface area (Å²) < 4.78 is 17.2. The molecule has 1 saturated heterocycles. The number of anilines is 1. The zero-order valence-electron chi connectivity index (χ0n) is 15.5. The van der Waals surface area contributed by atoms with Gasteiger partial charge in [0.2, 0.25) is 0 Å². The van der Waals surface area contributed by atoms with E-state index in [1.54, 1.807) is 4.57 Å². The van der Waals surface area contributed by atoms with Gasteiger partial charge in [0, 0.05) is 24.7 Å². The van der Waals surface area contributed by atoms with Gasteiger partial charge in [-0.3, -0.25) is 9.36 Å². The Labute approximate surface area is 151 Å². The van der Waals surface area contributed by atoms with Gasteiger partial charge in [-0.05, 0) is 44.1 Å². The molecular weight excluding hydrogens is 335 g/mol. The maximum absolute atomic E-state index is 15.0. The van der Waals surface area contributed by atoms with Gasteiger partial charge in [0.25, 0.3) is 5.56 Å². The van der Waals surface area contributed by atoms with Crippen LogP contribution < -0.4 is 22.0 Å². The molecule has 4 rings (SSSR count). The van der Waals surface area contributed by atoms with Crippen molar-refractivity contribution in [2.45, 2.75) is 46.1 Å². The molecule has 1 atom stereocenters. The van der Waals surface area contributed by atoms with E-state index in [4.69, 9.17) is 5.84 Å². The molecule has 1 aromatic heterocycles. The van der Waals surface area contributed by atoms with Crippen molar-refractivity contribution in [3.8, 4) is 0 Å². The van der Waals surface area contributed by atoms with Gasteiger partial charge in [0.1, 0.15) is 5.82 Å². The number of benzene rings is 1. The number of aromatic nitrogens is 2. The highest BCUT2D eigenvalue weighted by atomic mass is 19.1. The third-order valence-corrected chi connectivity index (χ3v) is 5.96. The largest absolute Gasteiger partial charge is 0.369 e. The van der Waals surface area contributed by atoms with E-state index in [2.05, 4.69) is 18.7 Å². The van der Waals surface area contributed by atoms with Gasteiger partial charge < -0.3 is 10.7 Å². The number of nitrogen functional groups attached to an aromatic ring is 1. The molecule has 1 aliphatic carbocycles. The number of hydrogen-bond acceptors (Lipinski definition) is 4. The summed E-state index contributed by atoms with van der Waals surface area (Å²) >= 11 is 0. The minimum absolute atomic E-state index is 0.0411. The highest BCUT2D eigenvalue weighted by Gasteiger charge is 2.32. The Morgan fingerprint density at radius 2 is 1.92 bits per heavy atom. The van der Waals surface area contributed by atoms with E-state index in [1.165, 1.54) is 6.07 Å². The molecule has 1 unspecified atom stereocenters. The maximum Gasteiger partial charge on any atom is 0.350 e. The summed E-state index contributed by atoms with van der Waals surface area (Å²) in [5.41, 5.74) is 0.549. The third kappa shape index (κ3) is 2.44. The molecule has 140 valence electrons. The summed E-state index contributed by atoms with van der Waals surface area (Å²) in [4.78, 5) is 27.1. The summed E-state index contributed by atoms with van der Waals surface area (Å²) in [5, 5.41) is 0.178. The number of fused-ring (bicyclic) bond motifs is 1. The molecule has 0 bridgehead atoms. The molecule has 2 aliphatic rings. The van der Waals surface area contributed by atoms with Crippen LogP contribution in [0.15, 0.2) is 15.7 Å². The molecule has 26 heavy (non-hydrogen) atoms. The SMILES string of the molecule is Cc1c(N2CCC(C(C)C)C2)c(F)cc2c(=O)n(N)c(=O)n(C3CC3)c12. The zero-order chi connectivity index (χ0) is 18.7. The highest BCUT2D eigenvalue weighted by molar-refractivity contribution is 5.87. The Morgan fingerprint density at radius 1 is 1.23 bits per heavy atom. The summed E-state index contributed by atoms with van der Waals surface area (Å²) in [6, 6.07) is 1.30. The van der Waals surface area contributed by atoms with E-state index in [9.17, 15) is 9.59 Å². The molecule has 2 aromatic rings. The first-order valence-electron chi connectivity index (χ1n) is 9.31. The van der Waals surface area contributed by atoms with E-state index in [0.717, 1.165) is 32.4 Å². The van der Waals surface area contributed by atoms with Crippen molar-refractivity contribution < 1.29 is 4.39 Å². The van der Waals surface area contributed by atoms with Crippen LogP contribution in [0, 0.1) is 24.6 Å². The van der Waals surface area contributed by atoms with Crippen molar-refractivity contribution >= 4 is 16.6 Å². The molecule has 6 nitrogen and oxygen atoms in total. The summed E-state index contributed by atoms with van der Waals surface area (Å²) in [5.74, 6) is 6.31. The lowest BCUT2D eigenvalue weighted by Crippen LogP contribution is -2.44. The van der Waals surface area contributed by atoms with Crippen molar-refractivity contribution in [3.05, 3.63) is 38.3 Å². The summed E-state index contributed by atoms with van der Waals surface area (Å²) in [6.45, 7) is 7.76. The predicted octanol–water partition coefficient (Wildman–Crippen LogP) is 2.14. The minimum Gasteiger partial charge on any atom is -0.369 e. The second-order valence-electron chi connectivity index (χ2n) is 8.03. The van der Waals surface area contributed by atoms with Crippen LogP contribution in [0.2, 0.25) is 0 Å². The van der Waals surface area contributed by atoms with Gasteiger partial charge in [0.15, 0.2) is 0 Å². The van der Waals surface area contributed by atoms with Crippen LogP contribution in [0.4, 0.5) is 10.1 Å². The van der Waals surface area contributed by atoms with Crippen LogP contribution >= 0.6 is 0 Å². The number of hydrogen-bond donors (Lipinski definition) is 1. The van der Waals surface area contributed by atoms with Crippen LogP contribution in [0.1, 0.15) is 44.7 Å². The quantitative estimate of drug-likeness (QED) is 0.851. The number of aryl methyl sites for hydroxylation is 1. The fourth-order valence-electron chi connectivity index (χ4n) is 4.25. The normalized spacial score (nSPS) is 20.5. The second-order valence-corrected chi connectivity index (χ2v) is 8.03. The van der Waals surface area contributed by atoms with Crippen LogP contribution in [0.5, 0.6) is 0 Å². The minimum atomic E-state index is -0.642. The van der Waals surface area contributed by atoms with Crippen LogP contribution in [-0.2, 0) is 0 Å². The van der Waals surface area contributed by atoms with E-state index in [0.29, 0.717) is 33.3 Å². The van der Waals surface area contributed by atoms with Crippen LogP contribution in [0.3, 0.4) is 0 Å². The van der Waals surface area contributed by atoms with E-state index in [-0.39, 0.29) is 11.4 Å². The van der Waals surface area contributed by atoms with Crippen molar-refractivity contribution in [1.82, 2.24) is 9.24 Å². The molecular formula is C19H25FN4O2. The highest BCUT2D eigenvalue weighted by Crippen LogP contribution is 2.39. The average Bonchev–Trinajstić information content (AvgIpc) is 3.30. The Bertz CT molecular complexity index is 1000. The van der Waals surface area contributed by atoms with E-state index >= 15 is 4.39 Å². The smallest absolute Gasteiger partial charge is 0.350 e. The monoisotopic (exact) mass is 360 g/mol. The summed E-state index contributed by atoms with van der Waals surface area (Å²) in [6.07, 6.45) is 2.77. The molecule has 1 aromatic carbocycles. The van der Waals surface area contributed by atoms with Crippen LogP contribution in [0.25, 0.3) is 10.9 Å². The first kappa shape index (κ1) is 17.1. The lowest BCUT2D eigenvalue weighted by Gasteiger charge is -2.24. The van der Waals surface area contributed by atoms with Gasteiger partial charge in [-0.25, -0.2) is 9.18 Å². The molecule has 0 radical (unpaired) electrons. The molecule has 0 spiro atoms. The third-order valence-electron chi connectivity index (χ3n) is 5.96. The lowest BCUT2D eigenvalue weighted by atomic mass is 9.95. The zero-order valence-corrected chi connectivity index (χ0v) is 15.5. The second kappa shape index (κ2) is 5.86. The van der Waals surface area contributed by atoms with Crippen molar-refractivity contribution in [1.29, 1.82) is 0 Å². The van der Waals surface area contributed by atoms with Crippen molar-refractivity contribution in [3.63, 3.8) is 0 Å². The molecule has 1 aliphatic heterocycles. The molecule has 2 heterocycles. The predicted molar refractivity (Wildman–Crippen MR) is 101 cm³/mol. The molecule has 1 saturated carbocycles. The number of nitrogens with zero attached hydrogens (tertiary/aromatic N) is 3. The van der Waals surface area contributed by atoms with E-state index in [1.807, 2.05) is 6.92 Å². The Morgan fingerprint density at radius 3 is 2.50 bits per heavy atom. The van der Waals surface area contributed by atoms with Gasteiger partial charge in [-0.2, -0.15) is 4.68 Å². The van der Waals surface area contributed by atoms with Crippen LogP contribution in [-0.4, -0.2) is 22.3 Å². The van der Waals surface area contributed by atoms with Gasteiger partial charge in [0.05, 0.1) is 16.6 Å². The molecule has 7 heteroatoms. The fourth-order valence-corrected chi connectivity index (χ4v) is 4.25. The Balaban J connectivity index is 1.97. The van der Waals surface area contributed by atoms with Crippen molar-refractivity contribution in [2.75, 3.05) is 23.8 Å². The first-order valence-corrected chi connectivity index (χ1v) is 9.31. The number of rotatable bonds is 3. The standard InChI is InChI=1S/C19H25FN4O2/c1-10(2)12-6-7-22(9-12)17-11(3)16-14(8-15(17)20)18(25)24(21)19(26)23(16)13-4-5-13/h8,10,12-13H,4-7,9,21H2,1-3H3. The summed E-state index contributed by atoms with van der Waals surface area (Å²) in [7, 11) is 0. The van der Waals surface area contributed by atoms with Crippen molar-refractivity contribution in [2.24, 2.45) is 11.8 Å². The fraction of sp³-hybridized carbons (Fsp3) is 0.579. The average molecular weight is 360 g/mol. The van der Waals surface area contributed by atoms with Gasteiger partial charge in [-0.1, -0.05) is 13.8 Å². The first-order chi connectivity index (χ1) is 12.3. The molecule has 2 fully saturated rings. The molecule has 2 N–H and O–H groups in total. The number of halogens is 1. The Hall–Kier alpha value is -2.31. The van der Waals surface area contributed by atoms with Gasteiger partial charge >= 0.3 is 5.69 Å². The topological polar surface area (TPSA) is 73.3 Å². The maximum atomic E-state index is 15.0. The molecule has 0 amide bonds. The Kier molecular flexibility index (Phi) is 3.86.